The summed E-state index contributed by atoms with van der Waals surface area (Å²) in [5.74, 6) is 0.592. The van der Waals surface area contributed by atoms with Crippen molar-refractivity contribution in [2.45, 2.75) is 6.61 Å². The molecule has 0 aromatic heterocycles. The standard InChI is InChI=1S/C15H9Br2Cl2NO3/c16-11-5-9(3-4-20(21)22)6-12(17)15(11)23-8-10-1-2-13(18)14(19)7-10/h1-7H,8H2/b4-3+. The zero-order valence-corrected chi connectivity index (χ0v) is 16.1. The van der Waals surface area contributed by atoms with Crippen LogP contribution in [0.3, 0.4) is 0 Å². The second kappa shape index (κ2) is 8.15. The molecular formula is C15H9Br2Cl2NO3. The highest BCUT2D eigenvalue weighted by Gasteiger charge is 2.09. The lowest BCUT2D eigenvalue weighted by atomic mass is 10.2. The van der Waals surface area contributed by atoms with E-state index in [1.54, 1.807) is 24.3 Å². The zero-order chi connectivity index (χ0) is 17.0. The molecule has 2 aromatic carbocycles. The Balaban J connectivity index is 2.16. The summed E-state index contributed by atoms with van der Waals surface area (Å²) in [6.45, 7) is 0.304. The third-order valence-corrected chi connectivity index (χ3v) is 4.69. The average molecular weight is 482 g/mol. The molecule has 0 N–H and O–H groups in total. The smallest absolute Gasteiger partial charge is 0.235 e. The van der Waals surface area contributed by atoms with Gasteiger partial charge in [-0.15, -0.1) is 0 Å². The van der Waals surface area contributed by atoms with Crippen molar-refractivity contribution in [1.82, 2.24) is 0 Å². The summed E-state index contributed by atoms with van der Waals surface area (Å²) in [7, 11) is 0. The molecule has 0 atom stereocenters. The van der Waals surface area contributed by atoms with Crippen molar-refractivity contribution >= 4 is 61.1 Å². The number of rotatable bonds is 5. The van der Waals surface area contributed by atoms with Crippen LogP contribution in [0.1, 0.15) is 11.1 Å². The molecule has 0 amide bonds. The van der Waals surface area contributed by atoms with E-state index in [0.717, 1.165) is 11.8 Å². The van der Waals surface area contributed by atoms with E-state index in [0.29, 0.717) is 36.9 Å². The Morgan fingerprint density at radius 2 is 1.78 bits per heavy atom. The molecule has 120 valence electrons. The molecule has 0 aliphatic rings. The first kappa shape index (κ1) is 18.3. The molecule has 23 heavy (non-hydrogen) atoms. The van der Waals surface area contributed by atoms with Gasteiger partial charge < -0.3 is 4.74 Å². The summed E-state index contributed by atoms with van der Waals surface area (Å²) < 4.78 is 7.13. The highest BCUT2D eigenvalue weighted by atomic mass is 79.9. The van der Waals surface area contributed by atoms with Crippen LogP contribution >= 0.6 is 55.1 Å². The number of ether oxygens (including phenoxy) is 1. The van der Waals surface area contributed by atoms with Gasteiger partial charge in [-0.2, -0.15) is 0 Å². The first-order valence-corrected chi connectivity index (χ1v) is 8.58. The highest BCUT2D eigenvalue weighted by molar-refractivity contribution is 9.11. The number of hydrogen-bond acceptors (Lipinski definition) is 3. The first-order chi connectivity index (χ1) is 10.9. The quantitative estimate of drug-likeness (QED) is 0.369. The predicted octanol–water partition coefficient (Wildman–Crippen LogP) is 6.34. The molecule has 8 heteroatoms. The Hall–Kier alpha value is -1.08. The van der Waals surface area contributed by atoms with Crippen LogP contribution in [0.25, 0.3) is 6.08 Å². The molecule has 0 radical (unpaired) electrons. The molecule has 0 saturated carbocycles. The maximum Gasteiger partial charge on any atom is 0.235 e. The lowest BCUT2D eigenvalue weighted by Gasteiger charge is -2.11. The van der Waals surface area contributed by atoms with Crippen LogP contribution < -0.4 is 4.74 Å². The molecule has 0 aliphatic carbocycles. The van der Waals surface area contributed by atoms with E-state index >= 15 is 0 Å². The van der Waals surface area contributed by atoms with Crippen LogP contribution in [0, 0.1) is 10.1 Å². The Morgan fingerprint density at radius 3 is 2.35 bits per heavy atom. The summed E-state index contributed by atoms with van der Waals surface area (Å²) in [4.78, 5) is 9.85. The van der Waals surface area contributed by atoms with E-state index < -0.39 is 4.92 Å². The Morgan fingerprint density at radius 1 is 1.13 bits per heavy atom. The second-order valence-electron chi connectivity index (χ2n) is 4.45. The summed E-state index contributed by atoms with van der Waals surface area (Å²) >= 11 is 18.6. The average Bonchev–Trinajstić information content (AvgIpc) is 2.48. The summed E-state index contributed by atoms with van der Waals surface area (Å²) in [5.41, 5.74) is 1.54. The van der Waals surface area contributed by atoms with E-state index in [4.69, 9.17) is 27.9 Å². The molecule has 0 spiro atoms. The normalized spacial score (nSPS) is 11.0. The van der Waals surface area contributed by atoms with Gasteiger partial charge in [0.05, 0.1) is 23.9 Å². The van der Waals surface area contributed by atoms with Gasteiger partial charge in [0.15, 0.2) is 0 Å². The van der Waals surface area contributed by atoms with Crippen molar-refractivity contribution in [3.05, 3.63) is 76.8 Å². The van der Waals surface area contributed by atoms with Gasteiger partial charge >= 0.3 is 0 Å². The largest absolute Gasteiger partial charge is 0.487 e. The lowest BCUT2D eigenvalue weighted by Crippen LogP contribution is -1.97. The Labute approximate surface area is 159 Å². The van der Waals surface area contributed by atoms with Crippen LogP contribution in [0.15, 0.2) is 45.5 Å². The van der Waals surface area contributed by atoms with E-state index in [1.807, 2.05) is 6.07 Å². The van der Waals surface area contributed by atoms with Crippen molar-refractivity contribution in [2.24, 2.45) is 0 Å². The molecule has 2 rings (SSSR count). The minimum atomic E-state index is -0.517. The first-order valence-electron chi connectivity index (χ1n) is 6.24. The fraction of sp³-hybridized carbons (Fsp3) is 0.0667. The molecule has 2 aromatic rings. The summed E-state index contributed by atoms with van der Waals surface area (Å²) in [6.07, 6.45) is 2.28. The van der Waals surface area contributed by atoms with Gasteiger partial charge in [0, 0.05) is 6.08 Å². The van der Waals surface area contributed by atoms with Crippen LogP contribution in [-0.4, -0.2) is 4.92 Å². The minimum absolute atomic E-state index is 0.304. The fourth-order valence-corrected chi connectivity index (χ4v) is 3.52. The maximum atomic E-state index is 10.4. The molecule has 4 nitrogen and oxygen atoms in total. The minimum Gasteiger partial charge on any atom is -0.487 e. The van der Waals surface area contributed by atoms with E-state index in [2.05, 4.69) is 31.9 Å². The summed E-state index contributed by atoms with van der Waals surface area (Å²) in [5, 5.41) is 11.3. The van der Waals surface area contributed by atoms with E-state index in [1.165, 1.54) is 6.08 Å². The molecule has 0 unspecified atom stereocenters. The van der Waals surface area contributed by atoms with Crippen molar-refractivity contribution in [3.63, 3.8) is 0 Å². The highest BCUT2D eigenvalue weighted by Crippen LogP contribution is 2.36. The van der Waals surface area contributed by atoms with Crippen molar-refractivity contribution in [3.8, 4) is 5.75 Å². The molecule has 0 heterocycles. The third kappa shape index (κ3) is 5.21. The van der Waals surface area contributed by atoms with Gasteiger partial charge in [0.1, 0.15) is 12.4 Å². The summed E-state index contributed by atoms with van der Waals surface area (Å²) in [6, 6.07) is 8.73. The molecule has 0 aliphatic heterocycles. The van der Waals surface area contributed by atoms with Gasteiger partial charge in [0.25, 0.3) is 0 Å². The van der Waals surface area contributed by atoms with Crippen molar-refractivity contribution < 1.29 is 9.66 Å². The van der Waals surface area contributed by atoms with Crippen LogP contribution in [-0.2, 0) is 6.61 Å². The molecule has 0 fully saturated rings. The van der Waals surface area contributed by atoms with Gasteiger partial charge in [-0.05, 0) is 67.3 Å². The Bertz CT molecular complexity index is 758. The van der Waals surface area contributed by atoms with Crippen LogP contribution in [0.5, 0.6) is 5.75 Å². The van der Waals surface area contributed by atoms with Crippen molar-refractivity contribution in [2.75, 3.05) is 0 Å². The number of benzene rings is 2. The topological polar surface area (TPSA) is 52.4 Å². The fourth-order valence-electron chi connectivity index (χ4n) is 1.75. The predicted molar refractivity (Wildman–Crippen MR) is 98.7 cm³/mol. The number of halogens is 4. The zero-order valence-electron chi connectivity index (χ0n) is 11.4. The lowest BCUT2D eigenvalue weighted by molar-refractivity contribution is -0.400. The van der Waals surface area contributed by atoms with E-state index in [9.17, 15) is 10.1 Å². The molecule has 0 bridgehead atoms. The van der Waals surface area contributed by atoms with Crippen molar-refractivity contribution in [1.29, 1.82) is 0 Å². The van der Waals surface area contributed by atoms with Gasteiger partial charge in [-0.1, -0.05) is 29.3 Å². The monoisotopic (exact) mass is 479 g/mol. The number of nitro groups is 1. The number of nitrogens with zero attached hydrogens (tertiary/aromatic N) is 1. The van der Waals surface area contributed by atoms with E-state index in [-0.39, 0.29) is 0 Å². The molecular weight excluding hydrogens is 473 g/mol. The Kier molecular flexibility index (Phi) is 6.47. The van der Waals surface area contributed by atoms with Gasteiger partial charge in [-0.25, -0.2) is 0 Å². The van der Waals surface area contributed by atoms with Crippen LogP contribution in [0.4, 0.5) is 0 Å². The third-order valence-electron chi connectivity index (χ3n) is 2.78. The second-order valence-corrected chi connectivity index (χ2v) is 6.97. The van der Waals surface area contributed by atoms with Gasteiger partial charge in [0.2, 0.25) is 6.20 Å². The number of hydrogen-bond donors (Lipinski definition) is 0. The maximum absolute atomic E-state index is 10.4. The molecule has 0 saturated heterocycles. The van der Waals surface area contributed by atoms with Gasteiger partial charge in [-0.3, -0.25) is 10.1 Å². The van der Waals surface area contributed by atoms with Crippen LogP contribution in [0.2, 0.25) is 10.0 Å². The SMILES string of the molecule is O=[N+]([O-])/C=C/c1cc(Br)c(OCc2ccc(Cl)c(Cl)c2)c(Br)c1.